The fraction of sp³-hybridized carbons (Fsp3) is 0.872. The molecular formula is C39H62O6. The highest BCUT2D eigenvalue weighted by atomic mass is 16.5. The second-order valence-corrected chi connectivity index (χ2v) is 18.7. The minimum atomic E-state index is -0.887. The highest BCUT2D eigenvalue weighted by Gasteiger charge is 2.71. The van der Waals surface area contributed by atoms with E-state index in [1.807, 2.05) is 13.8 Å². The summed E-state index contributed by atoms with van der Waals surface area (Å²) in [7, 11) is 0. The van der Waals surface area contributed by atoms with Crippen molar-refractivity contribution in [3.63, 3.8) is 0 Å². The molecule has 0 radical (unpaired) electrons. The molecule has 3 unspecified atom stereocenters. The van der Waals surface area contributed by atoms with Crippen molar-refractivity contribution in [3.8, 4) is 0 Å². The average molecular weight is 627 g/mol. The molecule has 6 heteroatoms. The van der Waals surface area contributed by atoms with Crippen molar-refractivity contribution < 1.29 is 29.3 Å². The molecule has 254 valence electrons. The number of carbonyl (C=O) groups is 3. The number of esters is 1. The number of carbonyl (C=O) groups excluding carboxylic acids is 1. The number of ether oxygens (including phenoxy) is 1. The summed E-state index contributed by atoms with van der Waals surface area (Å²) < 4.78 is 6.24. The number of carboxylic acid groups (broad SMARTS) is 2. The quantitative estimate of drug-likeness (QED) is 0.195. The molecule has 0 amide bonds. The molecule has 0 aromatic rings. The largest absolute Gasteiger partial charge is 0.481 e. The lowest BCUT2D eigenvalue weighted by atomic mass is 9.32. The third kappa shape index (κ3) is 5.50. The lowest BCUT2D eigenvalue weighted by molar-refractivity contribution is -0.250. The third-order valence-electron chi connectivity index (χ3n) is 15.5. The number of hydrogen-bond acceptors (Lipinski definition) is 4. The predicted molar refractivity (Wildman–Crippen MR) is 176 cm³/mol. The first-order valence-corrected chi connectivity index (χ1v) is 18.0. The minimum Gasteiger partial charge on any atom is -0.481 e. The smallest absolute Gasteiger partial charge is 0.306 e. The number of carboxylic acids is 2. The predicted octanol–water partition coefficient (Wildman–Crippen LogP) is 9.31. The van der Waals surface area contributed by atoms with Crippen LogP contribution in [-0.2, 0) is 19.1 Å². The zero-order chi connectivity index (χ0) is 33.4. The molecule has 0 aromatic heterocycles. The van der Waals surface area contributed by atoms with Gasteiger partial charge in [-0.05, 0) is 134 Å². The second-order valence-electron chi connectivity index (χ2n) is 18.7. The second kappa shape index (κ2) is 11.4. The fourth-order valence-corrected chi connectivity index (χ4v) is 13.3. The molecule has 5 aliphatic carbocycles. The lowest BCUT2D eigenvalue weighted by Gasteiger charge is -2.73. The van der Waals surface area contributed by atoms with Crippen molar-refractivity contribution in [2.45, 2.75) is 151 Å². The van der Waals surface area contributed by atoms with Crippen molar-refractivity contribution in [2.24, 2.45) is 62.1 Å². The maximum absolute atomic E-state index is 13.1. The summed E-state index contributed by atoms with van der Waals surface area (Å²) in [5.41, 5.74) is 1.23. The van der Waals surface area contributed by atoms with Gasteiger partial charge in [-0.25, -0.2) is 0 Å². The molecule has 2 N–H and O–H groups in total. The van der Waals surface area contributed by atoms with Crippen LogP contribution in [0.2, 0.25) is 0 Å². The van der Waals surface area contributed by atoms with Gasteiger partial charge in [0, 0.05) is 11.8 Å². The van der Waals surface area contributed by atoms with Gasteiger partial charge in [0.05, 0.1) is 12.8 Å². The van der Waals surface area contributed by atoms with Crippen LogP contribution in [0.1, 0.15) is 145 Å². The summed E-state index contributed by atoms with van der Waals surface area (Å²) in [6.07, 6.45) is 12.3. The van der Waals surface area contributed by atoms with E-state index < -0.39 is 17.4 Å². The molecule has 0 bridgehead atoms. The standard InChI is InChI=1S/C39H62O6/c1-24(2)25-12-18-39(19-15-30(40)41)21-20-37(8)26(33(25)39)10-11-28-36(7)16-14-29(35(5,6)27(36)13-17-38(28,37)9)45-32(44)23-34(3,4)22-31(42)43/h25-29,33H,1,10-23H2,2-9H3,(H,40,41)(H,42,43)/t25-,26+,27?,28?,29-,33?,36-,37+,38+,39-/m0/s1. The van der Waals surface area contributed by atoms with Crippen molar-refractivity contribution in [1.29, 1.82) is 0 Å². The van der Waals surface area contributed by atoms with E-state index >= 15 is 0 Å². The van der Waals surface area contributed by atoms with Gasteiger partial charge in [-0.1, -0.05) is 60.6 Å². The van der Waals surface area contributed by atoms with Gasteiger partial charge in [0.15, 0.2) is 0 Å². The van der Waals surface area contributed by atoms with E-state index in [2.05, 4.69) is 48.1 Å². The van der Waals surface area contributed by atoms with Crippen LogP contribution in [0, 0.1) is 62.1 Å². The fourth-order valence-electron chi connectivity index (χ4n) is 13.3. The summed E-state index contributed by atoms with van der Waals surface area (Å²) in [6, 6.07) is 0. The normalized spacial score (nSPS) is 43.6. The maximum atomic E-state index is 13.1. The Hall–Kier alpha value is -1.85. The molecule has 5 aliphatic rings. The third-order valence-corrected chi connectivity index (χ3v) is 15.5. The molecule has 0 aromatic carbocycles. The van der Waals surface area contributed by atoms with E-state index in [4.69, 9.17) is 4.74 Å². The molecular weight excluding hydrogens is 564 g/mol. The van der Waals surface area contributed by atoms with E-state index in [0.717, 1.165) is 44.9 Å². The Morgan fingerprint density at radius 1 is 0.800 bits per heavy atom. The zero-order valence-electron chi connectivity index (χ0n) is 29.6. The van der Waals surface area contributed by atoms with Crippen molar-refractivity contribution in [2.75, 3.05) is 0 Å². The first-order chi connectivity index (χ1) is 20.7. The Morgan fingerprint density at radius 2 is 1.49 bits per heavy atom. The Bertz CT molecular complexity index is 1220. The zero-order valence-corrected chi connectivity index (χ0v) is 29.6. The van der Waals surface area contributed by atoms with E-state index in [1.54, 1.807) is 0 Å². The first kappa shape index (κ1) is 34.5. The summed E-state index contributed by atoms with van der Waals surface area (Å²) in [5.74, 6) is 0.876. The summed E-state index contributed by atoms with van der Waals surface area (Å²) >= 11 is 0. The maximum Gasteiger partial charge on any atom is 0.306 e. The van der Waals surface area contributed by atoms with Crippen LogP contribution < -0.4 is 0 Å². The van der Waals surface area contributed by atoms with Gasteiger partial charge in [0.1, 0.15) is 6.10 Å². The summed E-state index contributed by atoms with van der Waals surface area (Å²) in [6.45, 7) is 22.8. The highest BCUT2D eigenvalue weighted by Crippen LogP contribution is 2.78. The topological polar surface area (TPSA) is 101 Å². The Labute approximate surface area is 272 Å². The van der Waals surface area contributed by atoms with Crippen LogP contribution in [0.3, 0.4) is 0 Å². The van der Waals surface area contributed by atoms with Crippen LogP contribution >= 0.6 is 0 Å². The van der Waals surface area contributed by atoms with Crippen LogP contribution in [0.15, 0.2) is 12.2 Å². The number of rotatable bonds is 9. The van der Waals surface area contributed by atoms with E-state index in [9.17, 15) is 24.6 Å². The molecule has 0 spiro atoms. The number of hydrogen-bond donors (Lipinski definition) is 2. The van der Waals surface area contributed by atoms with Crippen molar-refractivity contribution >= 4 is 17.9 Å². The highest BCUT2D eigenvalue weighted by molar-refractivity contribution is 5.73. The van der Waals surface area contributed by atoms with Gasteiger partial charge < -0.3 is 14.9 Å². The Balaban J connectivity index is 1.39. The molecule has 10 atom stereocenters. The SMILES string of the molecule is C=C(C)[C@@H]1CC[C@]2(CCC(=O)O)CC[C@]3(C)[C@H](CCC4[C@@]5(C)CC[C@H](OC(=O)CC(C)(C)CC(=O)O)C(C)(C)C5CC[C@]43C)C12. The van der Waals surface area contributed by atoms with Crippen LogP contribution in [-0.4, -0.2) is 34.2 Å². The molecule has 6 nitrogen and oxygen atoms in total. The van der Waals surface area contributed by atoms with Crippen molar-refractivity contribution in [3.05, 3.63) is 12.2 Å². The number of aliphatic carboxylic acids is 2. The summed E-state index contributed by atoms with van der Waals surface area (Å²) in [5, 5.41) is 19.0. The molecule has 5 saturated carbocycles. The molecule has 45 heavy (non-hydrogen) atoms. The van der Waals surface area contributed by atoms with Gasteiger partial charge in [0.2, 0.25) is 0 Å². The van der Waals surface area contributed by atoms with E-state index in [0.29, 0.717) is 29.6 Å². The molecule has 5 rings (SSSR count). The van der Waals surface area contributed by atoms with Crippen LogP contribution in [0.4, 0.5) is 0 Å². The monoisotopic (exact) mass is 626 g/mol. The first-order valence-electron chi connectivity index (χ1n) is 18.0. The minimum absolute atomic E-state index is 0.0501. The molecule has 0 aliphatic heterocycles. The van der Waals surface area contributed by atoms with E-state index in [-0.39, 0.29) is 58.4 Å². The molecule has 5 fully saturated rings. The van der Waals surface area contributed by atoms with Crippen LogP contribution in [0.25, 0.3) is 0 Å². The van der Waals surface area contributed by atoms with Gasteiger partial charge in [-0.3, -0.25) is 14.4 Å². The number of allylic oxidation sites excluding steroid dienone is 1. The molecule has 0 heterocycles. The van der Waals surface area contributed by atoms with Gasteiger partial charge >= 0.3 is 17.9 Å². The van der Waals surface area contributed by atoms with Gasteiger partial charge in [0.25, 0.3) is 0 Å². The van der Waals surface area contributed by atoms with Crippen LogP contribution in [0.5, 0.6) is 0 Å². The van der Waals surface area contributed by atoms with Gasteiger partial charge in [-0.2, -0.15) is 0 Å². The Kier molecular flexibility index (Phi) is 8.73. The molecule has 0 saturated heterocycles. The number of fused-ring (bicyclic) bond motifs is 7. The Morgan fingerprint density at radius 3 is 2.11 bits per heavy atom. The summed E-state index contributed by atoms with van der Waals surface area (Å²) in [4.78, 5) is 36.2. The van der Waals surface area contributed by atoms with E-state index in [1.165, 1.54) is 31.3 Å². The lowest BCUT2D eigenvalue weighted by Crippen LogP contribution is -2.66. The van der Waals surface area contributed by atoms with Gasteiger partial charge in [-0.15, -0.1) is 0 Å². The average Bonchev–Trinajstić information content (AvgIpc) is 3.29. The van der Waals surface area contributed by atoms with Crippen molar-refractivity contribution in [1.82, 2.24) is 0 Å².